The summed E-state index contributed by atoms with van der Waals surface area (Å²) in [6.07, 6.45) is -11.2. The predicted molar refractivity (Wildman–Crippen MR) is 174 cm³/mol. The molecule has 0 aromatic heterocycles. The molecule has 1 fully saturated rings. The third kappa shape index (κ3) is 6.45. The summed E-state index contributed by atoms with van der Waals surface area (Å²) in [4.78, 5) is 54.2. The smallest absolute Gasteiger partial charge is 0.340 e. The molecule has 294 valence electrons. The Morgan fingerprint density at radius 3 is 1.43 bits per heavy atom. The first-order valence-corrected chi connectivity index (χ1v) is 15.5. The molecule has 56 heavy (non-hydrogen) atoms. The fraction of sp³-hybridized carbons (Fsp3) is 0.176. The highest BCUT2D eigenvalue weighted by Gasteiger charge is 2.53. The number of esters is 4. The molecule has 0 amide bonds. The lowest BCUT2D eigenvalue weighted by atomic mass is 9.91. The van der Waals surface area contributed by atoms with Crippen molar-refractivity contribution in [3.63, 3.8) is 0 Å². The van der Waals surface area contributed by atoms with Crippen LogP contribution >= 0.6 is 0 Å². The van der Waals surface area contributed by atoms with Crippen LogP contribution < -0.4 is 0 Å². The van der Waals surface area contributed by atoms with Crippen molar-refractivity contribution in [2.24, 2.45) is 0 Å². The average Bonchev–Trinajstić information content (AvgIpc) is 3.14. The molecule has 0 saturated carbocycles. The zero-order chi connectivity index (χ0) is 41.1. The van der Waals surface area contributed by atoms with E-state index in [1.54, 1.807) is 0 Å². The van der Waals surface area contributed by atoms with Gasteiger partial charge >= 0.3 is 23.9 Å². The lowest BCUT2D eigenvalue weighted by Gasteiger charge is -2.42. The molecule has 22 heteroatoms. The van der Waals surface area contributed by atoms with Crippen LogP contribution in [0.4, 0.5) is 0 Å². The number of fused-ring (bicyclic) bond motifs is 5. The first kappa shape index (κ1) is 38.0. The lowest BCUT2D eigenvalue weighted by Crippen LogP contribution is -2.62. The van der Waals surface area contributed by atoms with Gasteiger partial charge < -0.3 is 90.1 Å². The molecular weight excluding hydrogens is 760 g/mol. The third-order valence-electron chi connectivity index (χ3n) is 8.52. The Bertz CT molecular complexity index is 2290. The van der Waals surface area contributed by atoms with Crippen molar-refractivity contribution in [3.8, 4) is 80.1 Å². The van der Waals surface area contributed by atoms with E-state index in [4.69, 9.17) is 23.7 Å². The van der Waals surface area contributed by atoms with Crippen molar-refractivity contribution in [3.05, 3.63) is 58.7 Å². The second kappa shape index (κ2) is 13.9. The van der Waals surface area contributed by atoms with Crippen molar-refractivity contribution >= 4 is 23.9 Å². The van der Waals surface area contributed by atoms with E-state index in [2.05, 4.69) is 0 Å². The number of cyclic esters (lactones) is 1. The van der Waals surface area contributed by atoms with Gasteiger partial charge in [-0.25, -0.2) is 19.2 Å². The Morgan fingerprint density at radius 1 is 0.554 bits per heavy atom. The lowest BCUT2D eigenvalue weighted by molar-refractivity contribution is -0.283. The largest absolute Gasteiger partial charge is 0.504 e. The van der Waals surface area contributed by atoms with E-state index in [1.807, 2.05) is 0 Å². The van der Waals surface area contributed by atoms with Gasteiger partial charge in [0.25, 0.3) is 0 Å². The molecule has 22 nitrogen and oxygen atoms in total. The summed E-state index contributed by atoms with van der Waals surface area (Å²) in [5.74, 6) is -20.3. The van der Waals surface area contributed by atoms with Gasteiger partial charge in [0.15, 0.2) is 63.6 Å². The highest BCUT2D eigenvalue weighted by Crippen LogP contribution is 2.53. The number of phenols is 12. The zero-order valence-corrected chi connectivity index (χ0v) is 27.5. The Hall–Kier alpha value is -7.72. The maximum absolute atomic E-state index is 14.0. The number of aliphatic hydroxyl groups is 1. The molecular formula is C34H26O22. The van der Waals surface area contributed by atoms with E-state index in [1.165, 1.54) is 0 Å². The molecule has 4 aromatic rings. The van der Waals surface area contributed by atoms with E-state index in [9.17, 15) is 85.6 Å². The molecule has 2 aliphatic heterocycles. The number of rotatable bonds is 4. The first-order valence-electron chi connectivity index (χ1n) is 15.5. The first-order chi connectivity index (χ1) is 26.3. The fourth-order valence-electron chi connectivity index (χ4n) is 5.73. The molecule has 4 aromatic carbocycles. The van der Waals surface area contributed by atoms with Crippen molar-refractivity contribution in [2.75, 3.05) is 6.61 Å². The van der Waals surface area contributed by atoms with E-state index in [-0.39, 0.29) is 0 Å². The van der Waals surface area contributed by atoms with Gasteiger partial charge in [-0.15, -0.1) is 0 Å². The van der Waals surface area contributed by atoms with Crippen LogP contribution in [-0.4, -0.2) is 128 Å². The molecule has 0 unspecified atom stereocenters. The van der Waals surface area contributed by atoms with Crippen LogP contribution in [0.25, 0.3) is 11.1 Å². The normalized spacial score (nSPS) is 20.6. The number of benzene rings is 4. The Morgan fingerprint density at radius 2 is 0.964 bits per heavy atom. The molecule has 2 heterocycles. The van der Waals surface area contributed by atoms with Crippen LogP contribution in [0, 0.1) is 0 Å². The summed E-state index contributed by atoms with van der Waals surface area (Å²) in [7, 11) is 0. The summed E-state index contributed by atoms with van der Waals surface area (Å²) in [5, 5.41) is 134. The molecule has 0 radical (unpaired) electrons. The number of aliphatic hydroxyl groups excluding tert-OH is 1. The minimum atomic E-state index is -2.35. The molecule has 0 aliphatic carbocycles. The van der Waals surface area contributed by atoms with E-state index in [0.29, 0.717) is 36.4 Å². The SMILES string of the molecule is O=C(O[C@H]1O[C@@H]2COC(=O)c3cc(O)c(O)c(O)c3-c3c(cc(O)c(O)c3O)C(=O)O[C@@H]([C@@H]2O)[C@H]1OC(=O)c1cc(O)c(O)c(O)c1)c1cc(O)c(O)c(O)c1. The van der Waals surface area contributed by atoms with Crippen molar-refractivity contribution in [1.82, 2.24) is 0 Å². The minimum Gasteiger partial charge on any atom is -0.504 e. The second-order valence-corrected chi connectivity index (χ2v) is 12.0. The van der Waals surface area contributed by atoms with Gasteiger partial charge in [0.05, 0.1) is 22.3 Å². The number of carbonyl (C=O) groups excluding carboxylic acids is 4. The van der Waals surface area contributed by atoms with Crippen molar-refractivity contribution < 1.29 is 109 Å². The minimum absolute atomic E-state index is 0.435. The predicted octanol–water partition coefficient (Wildman–Crippen LogP) is 0.685. The maximum atomic E-state index is 14.0. The summed E-state index contributed by atoms with van der Waals surface area (Å²) in [6.45, 7) is -1.09. The number of hydrogen-bond donors (Lipinski definition) is 13. The van der Waals surface area contributed by atoms with Crippen LogP contribution in [0.3, 0.4) is 0 Å². The quantitative estimate of drug-likeness (QED) is 0.0768. The standard InChI is InChI=1S/C34H26O22/c35-12-1-8(2-13(36)21(12)41)30(48)55-29-28-25(45)18(53-34(29)56-31(49)9-3-14(37)22(42)15(38)4-9)7-52-32(50)10-5-16(39)23(43)26(46)19(10)20-11(33(51)54-28)6-17(40)24(44)27(20)47/h1-6,18,25,28-29,34-47H,7H2/t18-,25-,28+,29-,34-/m1/s1. The Kier molecular flexibility index (Phi) is 9.45. The second-order valence-electron chi connectivity index (χ2n) is 12.0. The highest BCUT2D eigenvalue weighted by atomic mass is 16.7. The summed E-state index contributed by atoms with van der Waals surface area (Å²) < 4.78 is 27.0. The molecule has 0 spiro atoms. The number of ether oxygens (including phenoxy) is 5. The van der Waals surface area contributed by atoms with Gasteiger partial charge in [-0.1, -0.05) is 0 Å². The number of hydrogen-bond acceptors (Lipinski definition) is 22. The molecule has 1 saturated heterocycles. The van der Waals surface area contributed by atoms with Crippen LogP contribution in [0.2, 0.25) is 0 Å². The monoisotopic (exact) mass is 786 g/mol. The third-order valence-corrected chi connectivity index (χ3v) is 8.52. The van der Waals surface area contributed by atoms with Gasteiger partial charge in [-0.3, -0.25) is 0 Å². The van der Waals surface area contributed by atoms with Crippen LogP contribution in [0.15, 0.2) is 36.4 Å². The Labute approximate surface area is 309 Å². The molecule has 6 rings (SSSR count). The van der Waals surface area contributed by atoms with Crippen LogP contribution in [0.5, 0.6) is 69.0 Å². The molecule has 2 aliphatic rings. The van der Waals surface area contributed by atoms with E-state index < -0.39 is 164 Å². The fourth-order valence-corrected chi connectivity index (χ4v) is 5.73. The zero-order valence-electron chi connectivity index (χ0n) is 27.5. The molecule has 5 atom stereocenters. The van der Waals surface area contributed by atoms with Crippen molar-refractivity contribution in [2.45, 2.75) is 30.7 Å². The number of aromatic hydroxyl groups is 12. The van der Waals surface area contributed by atoms with Gasteiger partial charge in [-0.05, 0) is 36.4 Å². The Balaban J connectivity index is 1.52. The average molecular weight is 787 g/mol. The van der Waals surface area contributed by atoms with Gasteiger partial charge in [0, 0.05) is 11.1 Å². The van der Waals surface area contributed by atoms with Crippen molar-refractivity contribution in [1.29, 1.82) is 0 Å². The molecule has 13 N–H and O–H groups in total. The number of carbonyl (C=O) groups is 4. The van der Waals surface area contributed by atoms with Gasteiger partial charge in [0.2, 0.25) is 23.9 Å². The van der Waals surface area contributed by atoms with Gasteiger partial charge in [0.1, 0.15) is 18.8 Å². The van der Waals surface area contributed by atoms with Crippen LogP contribution in [-0.2, 0) is 23.7 Å². The topological polar surface area (TPSA) is 377 Å². The summed E-state index contributed by atoms with van der Waals surface area (Å²) in [6, 6.07) is 3.38. The number of phenolic OH excluding ortho intramolecular Hbond substituents is 12. The van der Waals surface area contributed by atoms with Gasteiger partial charge in [-0.2, -0.15) is 0 Å². The van der Waals surface area contributed by atoms with Crippen LogP contribution in [0.1, 0.15) is 41.4 Å². The van der Waals surface area contributed by atoms with E-state index in [0.717, 1.165) is 0 Å². The van der Waals surface area contributed by atoms with E-state index >= 15 is 0 Å². The highest BCUT2D eigenvalue weighted by molar-refractivity contribution is 6.08. The maximum Gasteiger partial charge on any atom is 0.340 e. The summed E-state index contributed by atoms with van der Waals surface area (Å²) in [5.41, 5.74) is -5.37. The molecule has 2 bridgehead atoms. The summed E-state index contributed by atoms with van der Waals surface area (Å²) >= 11 is 0.